The van der Waals surface area contributed by atoms with Crippen molar-refractivity contribution >= 4 is 23.2 Å². The van der Waals surface area contributed by atoms with E-state index in [-0.39, 0.29) is 23.5 Å². The number of rotatable bonds is 5. The first kappa shape index (κ1) is 20.0. The Morgan fingerprint density at radius 1 is 1.17 bits per heavy atom. The number of amides is 2. The van der Waals surface area contributed by atoms with Gasteiger partial charge in [0.05, 0.1) is 5.69 Å². The lowest BCUT2D eigenvalue weighted by molar-refractivity contribution is -0.126. The number of aryl methyl sites for hydroxylation is 1. The number of hydrogen-bond acceptors (Lipinski definition) is 4. The SMILES string of the molecule is Cc1nc(-c2ccc(F)cc2)sc1C(=O)N1CCC(C(C)C(=O)NC2CC2)CC1. The van der Waals surface area contributed by atoms with Gasteiger partial charge in [-0.3, -0.25) is 9.59 Å². The fourth-order valence-corrected chi connectivity index (χ4v) is 4.87. The van der Waals surface area contributed by atoms with Crippen LogP contribution < -0.4 is 5.32 Å². The molecule has 1 aromatic carbocycles. The highest BCUT2D eigenvalue weighted by atomic mass is 32.1. The predicted molar refractivity (Wildman–Crippen MR) is 111 cm³/mol. The lowest BCUT2D eigenvalue weighted by Gasteiger charge is -2.34. The first-order valence-electron chi connectivity index (χ1n) is 10.3. The number of nitrogens with one attached hydrogen (secondary N) is 1. The van der Waals surface area contributed by atoms with E-state index in [1.165, 1.54) is 23.5 Å². The summed E-state index contributed by atoms with van der Waals surface area (Å²) >= 11 is 1.36. The highest BCUT2D eigenvalue weighted by Gasteiger charge is 2.33. The number of carbonyl (C=O) groups excluding carboxylic acids is 2. The molecule has 2 heterocycles. The Hall–Kier alpha value is -2.28. The lowest BCUT2D eigenvalue weighted by Crippen LogP contribution is -2.43. The van der Waals surface area contributed by atoms with Crippen LogP contribution >= 0.6 is 11.3 Å². The zero-order valence-electron chi connectivity index (χ0n) is 16.8. The molecule has 2 amide bonds. The van der Waals surface area contributed by atoms with E-state index >= 15 is 0 Å². The Bertz CT molecular complexity index is 899. The molecule has 29 heavy (non-hydrogen) atoms. The van der Waals surface area contributed by atoms with Crippen LogP contribution in [0.1, 0.15) is 48.0 Å². The summed E-state index contributed by atoms with van der Waals surface area (Å²) in [6.07, 6.45) is 3.88. The van der Waals surface area contributed by atoms with Crippen LogP contribution in [0.25, 0.3) is 10.6 Å². The zero-order valence-corrected chi connectivity index (χ0v) is 17.6. The molecule has 2 aliphatic rings. The average Bonchev–Trinajstić information content (AvgIpc) is 3.46. The number of nitrogens with zero attached hydrogens (tertiary/aromatic N) is 2. The molecule has 0 bridgehead atoms. The molecule has 1 saturated carbocycles. The van der Waals surface area contributed by atoms with Crippen molar-refractivity contribution < 1.29 is 14.0 Å². The van der Waals surface area contributed by atoms with Gasteiger partial charge >= 0.3 is 0 Å². The van der Waals surface area contributed by atoms with Crippen LogP contribution in [0.2, 0.25) is 0 Å². The molecule has 1 aromatic heterocycles. The largest absolute Gasteiger partial charge is 0.353 e. The van der Waals surface area contributed by atoms with E-state index < -0.39 is 0 Å². The fourth-order valence-electron chi connectivity index (χ4n) is 3.83. The third-order valence-corrected chi connectivity index (χ3v) is 7.15. The second-order valence-electron chi connectivity index (χ2n) is 8.14. The van der Waals surface area contributed by atoms with Crippen molar-refractivity contribution in [1.29, 1.82) is 0 Å². The van der Waals surface area contributed by atoms with E-state index in [1.807, 2.05) is 18.7 Å². The highest BCUT2D eigenvalue weighted by molar-refractivity contribution is 7.17. The molecule has 154 valence electrons. The number of hydrogen-bond donors (Lipinski definition) is 1. The van der Waals surface area contributed by atoms with E-state index in [0.717, 1.165) is 36.3 Å². The van der Waals surface area contributed by atoms with Crippen molar-refractivity contribution in [3.63, 3.8) is 0 Å². The molecule has 1 aliphatic heterocycles. The van der Waals surface area contributed by atoms with Crippen LogP contribution in [-0.2, 0) is 4.79 Å². The molecular formula is C22H26FN3O2S. The number of halogens is 1. The van der Waals surface area contributed by atoms with Gasteiger partial charge in [-0.2, -0.15) is 0 Å². The average molecular weight is 416 g/mol. The first-order valence-corrected chi connectivity index (χ1v) is 11.1. The second-order valence-corrected chi connectivity index (χ2v) is 9.14. The molecule has 1 N–H and O–H groups in total. The molecule has 1 unspecified atom stereocenters. The van der Waals surface area contributed by atoms with Crippen LogP contribution in [-0.4, -0.2) is 40.8 Å². The van der Waals surface area contributed by atoms with Crippen molar-refractivity contribution in [1.82, 2.24) is 15.2 Å². The molecule has 2 aromatic rings. The predicted octanol–water partition coefficient (Wildman–Crippen LogP) is 4.02. The van der Waals surface area contributed by atoms with Gasteiger partial charge in [0.1, 0.15) is 15.7 Å². The third kappa shape index (κ3) is 4.50. The van der Waals surface area contributed by atoms with Gasteiger partial charge in [0.25, 0.3) is 5.91 Å². The number of likely N-dealkylation sites (tertiary alicyclic amines) is 1. The minimum absolute atomic E-state index is 0.00176. The van der Waals surface area contributed by atoms with E-state index in [0.29, 0.717) is 35.6 Å². The number of piperidine rings is 1. The summed E-state index contributed by atoms with van der Waals surface area (Å²) < 4.78 is 13.2. The first-order chi connectivity index (χ1) is 13.9. The van der Waals surface area contributed by atoms with Gasteiger partial charge < -0.3 is 10.2 Å². The lowest BCUT2D eigenvalue weighted by atomic mass is 9.84. The fraction of sp³-hybridized carbons (Fsp3) is 0.500. The smallest absolute Gasteiger partial charge is 0.265 e. The molecular weight excluding hydrogens is 389 g/mol. The van der Waals surface area contributed by atoms with Crippen LogP contribution in [0.4, 0.5) is 4.39 Å². The van der Waals surface area contributed by atoms with E-state index in [1.54, 1.807) is 12.1 Å². The summed E-state index contributed by atoms with van der Waals surface area (Å²) in [4.78, 5) is 32.4. The summed E-state index contributed by atoms with van der Waals surface area (Å²) in [5, 5.41) is 3.82. The van der Waals surface area contributed by atoms with Crippen molar-refractivity contribution in [2.24, 2.45) is 11.8 Å². The summed E-state index contributed by atoms with van der Waals surface area (Å²) in [7, 11) is 0. The topological polar surface area (TPSA) is 62.3 Å². The molecule has 1 atom stereocenters. The maximum atomic E-state index is 13.2. The summed E-state index contributed by atoms with van der Waals surface area (Å²) in [5.74, 6) is 0.167. The Kier molecular flexibility index (Phi) is 5.67. The standard InChI is InChI=1S/C22H26FN3O2S/c1-13(20(27)25-18-7-8-18)15-9-11-26(12-10-15)22(28)19-14(2)24-21(29-19)16-3-5-17(23)6-4-16/h3-6,13,15,18H,7-12H2,1-2H3,(H,25,27). The normalized spacial score (nSPS) is 18.5. The molecule has 7 heteroatoms. The highest BCUT2D eigenvalue weighted by Crippen LogP contribution is 2.31. The second kappa shape index (κ2) is 8.22. The zero-order chi connectivity index (χ0) is 20.5. The Morgan fingerprint density at radius 3 is 2.45 bits per heavy atom. The van der Waals surface area contributed by atoms with E-state index in [4.69, 9.17) is 0 Å². The molecule has 2 fully saturated rings. The quantitative estimate of drug-likeness (QED) is 0.802. The van der Waals surface area contributed by atoms with Gasteiger partial charge in [-0.05, 0) is 62.8 Å². The van der Waals surface area contributed by atoms with Crippen molar-refractivity contribution in [3.05, 3.63) is 40.7 Å². The minimum Gasteiger partial charge on any atom is -0.353 e. The Labute approximate surface area is 174 Å². The van der Waals surface area contributed by atoms with Crippen LogP contribution in [0.5, 0.6) is 0 Å². The minimum atomic E-state index is -0.291. The van der Waals surface area contributed by atoms with Gasteiger partial charge in [0, 0.05) is 30.6 Å². The molecule has 1 saturated heterocycles. The van der Waals surface area contributed by atoms with E-state index in [2.05, 4.69) is 10.3 Å². The molecule has 5 nitrogen and oxygen atoms in total. The summed E-state index contributed by atoms with van der Waals surface area (Å²) in [5.41, 5.74) is 1.52. The number of aromatic nitrogens is 1. The van der Waals surface area contributed by atoms with Crippen molar-refractivity contribution in [3.8, 4) is 10.6 Å². The number of benzene rings is 1. The molecule has 0 radical (unpaired) electrons. The van der Waals surface area contributed by atoms with Crippen molar-refractivity contribution in [2.75, 3.05) is 13.1 Å². The molecule has 4 rings (SSSR count). The van der Waals surface area contributed by atoms with Gasteiger partial charge in [-0.15, -0.1) is 11.3 Å². The van der Waals surface area contributed by atoms with Gasteiger partial charge in [0.2, 0.25) is 5.91 Å². The van der Waals surface area contributed by atoms with Gasteiger partial charge in [0.15, 0.2) is 0 Å². The van der Waals surface area contributed by atoms with Crippen LogP contribution in [0.3, 0.4) is 0 Å². The van der Waals surface area contributed by atoms with Crippen molar-refractivity contribution in [2.45, 2.75) is 45.6 Å². The maximum Gasteiger partial charge on any atom is 0.265 e. The summed E-state index contributed by atoms with van der Waals surface area (Å²) in [6, 6.07) is 6.55. The van der Waals surface area contributed by atoms with Crippen LogP contribution in [0, 0.1) is 24.6 Å². The third-order valence-electron chi connectivity index (χ3n) is 5.95. The molecule has 1 aliphatic carbocycles. The van der Waals surface area contributed by atoms with E-state index in [9.17, 15) is 14.0 Å². The van der Waals surface area contributed by atoms with Gasteiger partial charge in [-0.25, -0.2) is 9.37 Å². The Morgan fingerprint density at radius 2 is 1.83 bits per heavy atom. The number of thiazole rings is 1. The maximum absolute atomic E-state index is 13.2. The molecule has 0 spiro atoms. The van der Waals surface area contributed by atoms with Crippen LogP contribution in [0.15, 0.2) is 24.3 Å². The Balaban J connectivity index is 1.38. The number of carbonyl (C=O) groups is 2. The van der Waals surface area contributed by atoms with Gasteiger partial charge in [-0.1, -0.05) is 6.92 Å². The summed E-state index contributed by atoms with van der Waals surface area (Å²) in [6.45, 7) is 5.16. The monoisotopic (exact) mass is 415 g/mol.